The van der Waals surface area contributed by atoms with E-state index in [0.717, 1.165) is 12.0 Å². The minimum atomic E-state index is 0.534. The summed E-state index contributed by atoms with van der Waals surface area (Å²) in [7, 11) is 1.85. The largest absolute Gasteiger partial charge is 0.332 e. The van der Waals surface area contributed by atoms with Gasteiger partial charge in [0.05, 0.1) is 5.69 Å². The SMILES string of the molecule is Cn1cc(C2CC2)nc1C=O. The monoisotopic (exact) mass is 150 g/mol. The predicted octanol–water partition coefficient (Wildman–Crippen LogP) is 1.11. The van der Waals surface area contributed by atoms with Crippen molar-refractivity contribution in [2.24, 2.45) is 7.05 Å². The Morgan fingerprint density at radius 3 is 2.91 bits per heavy atom. The first kappa shape index (κ1) is 6.58. The molecule has 1 heterocycles. The van der Waals surface area contributed by atoms with Crippen molar-refractivity contribution in [3.05, 3.63) is 17.7 Å². The molecular formula is C8H10N2O. The molecule has 0 unspecified atom stereocenters. The summed E-state index contributed by atoms with van der Waals surface area (Å²) in [5.41, 5.74) is 1.08. The fourth-order valence-corrected chi connectivity index (χ4v) is 1.19. The highest BCUT2D eigenvalue weighted by atomic mass is 16.1. The maximum Gasteiger partial charge on any atom is 0.185 e. The Bertz CT molecular complexity index is 286. The van der Waals surface area contributed by atoms with Gasteiger partial charge in [0.1, 0.15) is 0 Å². The van der Waals surface area contributed by atoms with E-state index < -0.39 is 0 Å². The Morgan fingerprint density at radius 2 is 2.45 bits per heavy atom. The number of carbonyl (C=O) groups is 1. The Kier molecular flexibility index (Phi) is 1.31. The van der Waals surface area contributed by atoms with Crippen LogP contribution in [0.5, 0.6) is 0 Å². The van der Waals surface area contributed by atoms with Gasteiger partial charge >= 0.3 is 0 Å². The summed E-state index contributed by atoms with van der Waals surface area (Å²) in [5.74, 6) is 1.17. The molecule has 0 aromatic carbocycles. The molecule has 1 aromatic heterocycles. The van der Waals surface area contributed by atoms with Crippen molar-refractivity contribution in [1.82, 2.24) is 9.55 Å². The topological polar surface area (TPSA) is 34.9 Å². The molecule has 2 rings (SSSR count). The first-order valence-electron chi connectivity index (χ1n) is 3.79. The normalized spacial score (nSPS) is 16.8. The minimum Gasteiger partial charge on any atom is -0.332 e. The summed E-state index contributed by atoms with van der Waals surface area (Å²) in [6.45, 7) is 0. The first-order valence-corrected chi connectivity index (χ1v) is 3.79. The number of rotatable bonds is 2. The van der Waals surface area contributed by atoms with Gasteiger partial charge in [0.2, 0.25) is 0 Å². The standard InChI is InChI=1S/C8H10N2O/c1-10-4-7(6-2-3-6)9-8(10)5-11/h4-6H,2-3H2,1H3. The van der Waals surface area contributed by atoms with Crippen molar-refractivity contribution in [2.75, 3.05) is 0 Å². The number of hydrogen-bond donors (Lipinski definition) is 0. The van der Waals surface area contributed by atoms with E-state index in [1.807, 2.05) is 13.2 Å². The van der Waals surface area contributed by atoms with Gasteiger partial charge in [-0.1, -0.05) is 0 Å². The van der Waals surface area contributed by atoms with Crippen LogP contribution in [-0.4, -0.2) is 15.8 Å². The lowest BCUT2D eigenvalue weighted by Gasteiger charge is -1.86. The summed E-state index contributed by atoms with van der Waals surface area (Å²) in [5, 5.41) is 0. The molecule has 11 heavy (non-hydrogen) atoms. The van der Waals surface area contributed by atoms with Gasteiger partial charge in [-0.15, -0.1) is 0 Å². The second-order valence-electron chi connectivity index (χ2n) is 3.03. The van der Waals surface area contributed by atoms with E-state index in [1.165, 1.54) is 12.8 Å². The van der Waals surface area contributed by atoms with E-state index in [2.05, 4.69) is 4.98 Å². The number of aromatic nitrogens is 2. The molecule has 0 amide bonds. The lowest BCUT2D eigenvalue weighted by atomic mass is 10.3. The van der Waals surface area contributed by atoms with Gasteiger partial charge in [0, 0.05) is 19.2 Å². The maximum absolute atomic E-state index is 10.4. The zero-order chi connectivity index (χ0) is 7.84. The van der Waals surface area contributed by atoms with Crippen LogP contribution in [0.15, 0.2) is 6.20 Å². The van der Waals surface area contributed by atoms with Crippen LogP contribution in [0, 0.1) is 0 Å². The van der Waals surface area contributed by atoms with Gasteiger partial charge < -0.3 is 4.57 Å². The summed E-state index contributed by atoms with van der Waals surface area (Å²) >= 11 is 0. The van der Waals surface area contributed by atoms with Gasteiger partial charge in [0.15, 0.2) is 12.1 Å². The highest BCUT2D eigenvalue weighted by molar-refractivity contribution is 5.69. The summed E-state index contributed by atoms with van der Waals surface area (Å²) < 4.78 is 1.78. The number of nitrogens with zero attached hydrogens (tertiary/aromatic N) is 2. The average molecular weight is 150 g/mol. The van der Waals surface area contributed by atoms with Crippen LogP contribution in [-0.2, 0) is 7.05 Å². The summed E-state index contributed by atoms with van der Waals surface area (Å²) in [6.07, 6.45) is 5.21. The molecule has 0 aliphatic heterocycles. The summed E-state index contributed by atoms with van der Waals surface area (Å²) in [4.78, 5) is 14.6. The molecular weight excluding hydrogens is 140 g/mol. The van der Waals surface area contributed by atoms with E-state index in [9.17, 15) is 4.79 Å². The number of carbonyl (C=O) groups excluding carboxylic acids is 1. The molecule has 1 aliphatic carbocycles. The van der Waals surface area contributed by atoms with E-state index in [1.54, 1.807) is 4.57 Å². The number of aldehydes is 1. The molecule has 0 spiro atoms. The Labute approximate surface area is 65.1 Å². The molecule has 3 nitrogen and oxygen atoms in total. The molecule has 1 aliphatic rings. The number of imidazole rings is 1. The smallest absolute Gasteiger partial charge is 0.185 e. The quantitative estimate of drug-likeness (QED) is 0.592. The molecule has 0 bridgehead atoms. The van der Waals surface area contributed by atoms with Crippen LogP contribution in [0.4, 0.5) is 0 Å². The van der Waals surface area contributed by atoms with Crippen molar-refractivity contribution < 1.29 is 4.79 Å². The van der Waals surface area contributed by atoms with Crippen molar-refractivity contribution in [3.63, 3.8) is 0 Å². The van der Waals surface area contributed by atoms with Gasteiger partial charge in [-0.05, 0) is 12.8 Å². The molecule has 0 radical (unpaired) electrons. The predicted molar refractivity (Wildman–Crippen MR) is 40.6 cm³/mol. The third-order valence-corrected chi connectivity index (χ3v) is 2.03. The van der Waals surface area contributed by atoms with E-state index >= 15 is 0 Å². The van der Waals surface area contributed by atoms with E-state index in [4.69, 9.17) is 0 Å². The molecule has 3 heteroatoms. The lowest BCUT2D eigenvalue weighted by Crippen LogP contribution is -1.92. The second kappa shape index (κ2) is 2.19. The Morgan fingerprint density at radius 1 is 1.73 bits per heavy atom. The van der Waals surface area contributed by atoms with Crippen molar-refractivity contribution in [3.8, 4) is 0 Å². The maximum atomic E-state index is 10.4. The van der Waals surface area contributed by atoms with Gasteiger partial charge in [-0.3, -0.25) is 4.79 Å². The van der Waals surface area contributed by atoms with Crippen LogP contribution in [0.3, 0.4) is 0 Å². The molecule has 0 N–H and O–H groups in total. The molecule has 58 valence electrons. The molecule has 0 atom stereocenters. The van der Waals surface area contributed by atoms with Crippen LogP contribution < -0.4 is 0 Å². The van der Waals surface area contributed by atoms with Crippen molar-refractivity contribution >= 4 is 6.29 Å². The Balaban J connectivity index is 2.35. The van der Waals surface area contributed by atoms with Gasteiger partial charge in [-0.2, -0.15) is 0 Å². The minimum absolute atomic E-state index is 0.534. The van der Waals surface area contributed by atoms with Crippen molar-refractivity contribution in [2.45, 2.75) is 18.8 Å². The average Bonchev–Trinajstić information content (AvgIpc) is 2.76. The lowest BCUT2D eigenvalue weighted by molar-refractivity contribution is 0.111. The van der Waals surface area contributed by atoms with Crippen molar-refractivity contribution in [1.29, 1.82) is 0 Å². The zero-order valence-electron chi connectivity index (χ0n) is 6.45. The zero-order valence-corrected chi connectivity index (χ0v) is 6.45. The highest BCUT2D eigenvalue weighted by Gasteiger charge is 2.26. The van der Waals surface area contributed by atoms with E-state index in [-0.39, 0.29) is 0 Å². The third-order valence-electron chi connectivity index (χ3n) is 2.03. The van der Waals surface area contributed by atoms with Crippen LogP contribution in [0.2, 0.25) is 0 Å². The van der Waals surface area contributed by atoms with Gasteiger partial charge in [0.25, 0.3) is 0 Å². The van der Waals surface area contributed by atoms with Gasteiger partial charge in [-0.25, -0.2) is 4.98 Å². The first-order chi connectivity index (χ1) is 5.31. The second-order valence-corrected chi connectivity index (χ2v) is 3.03. The number of aryl methyl sites for hydroxylation is 1. The Hall–Kier alpha value is -1.12. The molecule has 0 saturated heterocycles. The summed E-state index contributed by atoms with van der Waals surface area (Å²) in [6, 6.07) is 0. The molecule has 1 saturated carbocycles. The molecule has 1 aromatic rings. The van der Waals surface area contributed by atoms with Crippen LogP contribution in [0.25, 0.3) is 0 Å². The third kappa shape index (κ3) is 1.06. The van der Waals surface area contributed by atoms with Crippen LogP contribution >= 0.6 is 0 Å². The fourth-order valence-electron chi connectivity index (χ4n) is 1.19. The fraction of sp³-hybridized carbons (Fsp3) is 0.500. The highest BCUT2D eigenvalue weighted by Crippen LogP contribution is 2.38. The number of hydrogen-bond acceptors (Lipinski definition) is 2. The van der Waals surface area contributed by atoms with E-state index in [0.29, 0.717) is 11.7 Å². The van der Waals surface area contributed by atoms with Crippen LogP contribution in [0.1, 0.15) is 35.1 Å². The molecule has 1 fully saturated rings.